The first-order valence-electron chi connectivity index (χ1n) is 9.27. The highest BCUT2D eigenvalue weighted by atomic mass is 28.4. The van der Waals surface area contributed by atoms with E-state index in [0.717, 1.165) is 0 Å². The van der Waals surface area contributed by atoms with E-state index in [-0.39, 0.29) is 0 Å². The number of nitrogens with zero attached hydrogens (tertiary/aromatic N) is 2. The maximum absolute atomic E-state index is 6.52. The number of oxime groups is 2. The number of rotatable bonds is 12. The third-order valence-electron chi connectivity index (χ3n) is 3.07. The molecule has 0 radical (unpaired) electrons. The van der Waals surface area contributed by atoms with Crippen LogP contribution in [0.1, 0.15) is 6.92 Å². The van der Waals surface area contributed by atoms with E-state index < -0.39 is 37.2 Å². The molecule has 2 atom stereocenters. The third-order valence-corrected chi connectivity index (χ3v) is 6.01. The van der Waals surface area contributed by atoms with Crippen molar-refractivity contribution in [1.29, 1.82) is 0 Å². The lowest BCUT2D eigenvalue weighted by Crippen LogP contribution is -2.52. The van der Waals surface area contributed by atoms with Crippen molar-refractivity contribution < 1.29 is 23.0 Å². The van der Waals surface area contributed by atoms with E-state index in [9.17, 15) is 0 Å². The summed E-state index contributed by atoms with van der Waals surface area (Å²) in [5, 5.41) is 8.39. The summed E-state index contributed by atoms with van der Waals surface area (Å²) in [6.45, 7) is 21.5. The van der Waals surface area contributed by atoms with Crippen LogP contribution in [0.15, 0.2) is 10.3 Å². The molecule has 0 spiro atoms. The Labute approximate surface area is 168 Å². The molecule has 0 N–H and O–H groups in total. The largest absolute Gasteiger partial charge is 0.412 e. The van der Waals surface area contributed by atoms with Crippen LogP contribution in [0.2, 0.25) is 58.9 Å². The van der Waals surface area contributed by atoms with Crippen molar-refractivity contribution in [3.05, 3.63) is 0 Å². The highest BCUT2D eigenvalue weighted by Crippen LogP contribution is 2.21. The fraction of sp³-hybridized carbons (Fsp3) is 0.882. The van der Waals surface area contributed by atoms with Crippen molar-refractivity contribution in [1.82, 2.24) is 0 Å². The predicted octanol–water partition coefficient (Wildman–Crippen LogP) is 4.30. The van der Waals surface area contributed by atoms with Crippen LogP contribution < -0.4 is 0 Å². The summed E-state index contributed by atoms with van der Waals surface area (Å²) in [6, 6.07) is 0. The van der Waals surface area contributed by atoms with Gasteiger partial charge < -0.3 is 23.0 Å². The molecule has 0 aromatic heterocycles. The Balaban J connectivity index is 6.08. The highest BCUT2D eigenvalue weighted by Gasteiger charge is 2.38. The van der Waals surface area contributed by atoms with Crippen LogP contribution in [0.4, 0.5) is 0 Å². The first-order valence-corrected chi connectivity index (χ1v) is 19.5. The molecule has 27 heavy (non-hydrogen) atoms. The molecule has 0 saturated carbocycles. The number of hydrogen-bond acceptors (Lipinski definition) is 7. The lowest BCUT2D eigenvalue weighted by molar-refractivity contribution is 0.113. The van der Waals surface area contributed by atoms with E-state index in [2.05, 4.69) is 69.2 Å². The third kappa shape index (κ3) is 12.5. The zero-order valence-corrected chi connectivity index (χ0v) is 22.3. The Morgan fingerprint density at radius 3 is 1.52 bits per heavy atom. The van der Waals surface area contributed by atoms with Gasteiger partial charge in [-0.1, -0.05) is 10.3 Å². The van der Waals surface area contributed by atoms with E-state index in [4.69, 9.17) is 23.0 Å². The lowest BCUT2D eigenvalue weighted by atomic mass is 10.1. The van der Waals surface area contributed by atoms with Gasteiger partial charge in [-0.25, -0.2) is 0 Å². The van der Waals surface area contributed by atoms with Gasteiger partial charge >= 0.3 is 0 Å². The standard InChI is InChI=1S/C17H40N2O5Si3/c1-14(18-20-2)16(23-26(7,8)9)17(24-27(10,11)12)15(19-21-3)13-22-25(4,5)6/h16-17H,13H2,1-12H3/b18-14+,19-15+. The van der Waals surface area contributed by atoms with Crippen molar-refractivity contribution in [3.8, 4) is 0 Å². The van der Waals surface area contributed by atoms with Gasteiger partial charge in [0.1, 0.15) is 32.1 Å². The Hall–Kier alpha value is -0.529. The molecule has 2 unspecified atom stereocenters. The quantitative estimate of drug-likeness (QED) is 0.259. The zero-order valence-electron chi connectivity index (χ0n) is 19.3. The van der Waals surface area contributed by atoms with Crippen LogP contribution in [0, 0.1) is 0 Å². The van der Waals surface area contributed by atoms with Crippen molar-refractivity contribution in [2.75, 3.05) is 20.8 Å². The van der Waals surface area contributed by atoms with Crippen LogP contribution in [0.3, 0.4) is 0 Å². The molecule has 0 saturated heterocycles. The summed E-state index contributed by atoms with van der Waals surface area (Å²) in [5.74, 6) is 0. The maximum atomic E-state index is 6.52. The van der Waals surface area contributed by atoms with E-state index in [0.29, 0.717) is 18.0 Å². The second-order valence-corrected chi connectivity index (χ2v) is 22.8. The molecule has 0 rings (SSSR count). The average molecular weight is 437 g/mol. The molecule has 0 aromatic rings. The summed E-state index contributed by atoms with van der Waals surface area (Å²) >= 11 is 0. The van der Waals surface area contributed by atoms with Gasteiger partial charge in [-0.05, 0) is 65.8 Å². The Bertz CT molecular complexity index is 508. The van der Waals surface area contributed by atoms with Crippen molar-refractivity contribution >= 4 is 36.4 Å². The second kappa shape index (κ2) is 10.9. The van der Waals surface area contributed by atoms with Gasteiger partial charge in [-0.2, -0.15) is 0 Å². The van der Waals surface area contributed by atoms with Crippen molar-refractivity contribution in [2.24, 2.45) is 10.3 Å². The van der Waals surface area contributed by atoms with E-state index >= 15 is 0 Å². The molecule has 160 valence electrons. The molecule has 0 aromatic carbocycles. The summed E-state index contributed by atoms with van der Waals surface area (Å²) in [4.78, 5) is 10.1. The van der Waals surface area contributed by atoms with E-state index in [1.165, 1.54) is 14.2 Å². The molecule has 0 fully saturated rings. The molecule has 10 heteroatoms. The molecule has 0 bridgehead atoms. The van der Waals surface area contributed by atoms with Crippen molar-refractivity contribution in [2.45, 2.75) is 78.1 Å². The molecular weight excluding hydrogens is 396 g/mol. The smallest absolute Gasteiger partial charge is 0.184 e. The fourth-order valence-electron chi connectivity index (χ4n) is 2.20. The zero-order chi connectivity index (χ0) is 21.5. The van der Waals surface area contributed by atoms with Gasteiger partial charge in [0.25, 0.3) is 0 Å². The van der Waals surface area contributed by atoms with Crippen LogP contribution in [-0.4, -0.2) is 69.4 Å². The summed E-state index contributed by atoms with van der Waals surface area (Å²) in [6.07, 6.45) is -0.860. The fourth-order valence-corrected chi connectivity index (χ4v) is 4.85. The van der Waals surface area contributed by atoms with Gasteiger partial charge in [0.05, 0.1) is 12.3 Å². The van der Waals surface area contributed by atoms with Gasteiger partial charge in [0.15, 0.2) is 25.0 Å². The molecular formula is C17H40N2O5Si3. The molecule has 0 aliphatic heterocycles. The monoisotopic (exact) mass is 436 g/mol. The Morgan fingerprint density at radius 2 is 1.15 bits per heavy atom. The maximum Gasteiger partial charge on any atom is 0.184 e. The van der Waals surface area contributed by atoms with Crippen LogP contribution in [-0.2, 0) is 23.0 Å². The molecule has 7 nitrogen and oxygen atoms in total. The second-order valence-electron chi connectivity index (χ2n) is 9.38. The van der Waals surface area contributed by atoms with Gasteiger partial charge in [-0.15, -0.1) is 0 Å². The summed E-state index contributed by atoms with van der Waals surface area (Å²) in [5.41, 5.74) is 1.39. The molecule has 0 aliphatic rings. The van der Waals surface area contributed by atoms with Gasteiger partial charge in [0.2, 0.25) is 0 Å². The van der Waals surface area contributed by atoms with Crippen LogP contribution >= 0.6 is 0 Å². The average Bonchev–Trinajstić information content (AvgIpc) is 2.44. The Morgan fingerprint density at radius 1 is 0.704 bits per heavy atom. The van der Waals surface area contributed by atoms with Gasteiger partial charge in [-0.3, -0.25) is 0 Å². The minimum absolute atomic E-state index is 0.338. The highest BCUT2D eigenvalue weighted by molar-refractivity contribution is 6.71. The molecule has 0 aliphatic carbocycles. The Kier molecular flexibility index (Phi) is 10.6. The summed E-state index contributed by atoms with van der Waals surface area (Å²) < 4.78 is 19.1. The topological polar surface area (TPSA) is 70.9 Å². The summed E-state index contributed by atoms with van der Waals surface area (Å²) in [7, 11) is -2.53. The lowest BCUT2D eigenvalue weighted by Gasteiger charge is -2.36. The SMILES string of the molecule is CO/N=C(\C)C(O[Si](C)(C)C)C(O[Si](C)(C)C)/C(CO[Si](C)(C)C)=N/OC. The minimum atomic E-state index is -1.93. The van der Waals surface area contributed by atoms with Crippen LogP contribution in [0.25, 0.3) is 0 Å². The van der Waals surface area contributed by atoms with Gasteiger partial charge in [0, 0.05) is 0 Å². The first-order chi connectivity index (χ1) is 12.1. The minimum Gasteiger partial charge on any atom is -0.412 e. The van der Waals surface area contributed by atoms with Crippen molar-refractivity contribution in [3.63, 3.8) is 0 Å². The first kappa shape index (κ1) is 26.5. The number of hydrogen-bond donors (Lipinski definition) is 0. The molecule has 0 heterocycles. The van der Waals surface area contributed by atoms with Crippen LogP contribution in [0.5, 0.6) is 0 Å². The molecule has 0 amide bonds. The van der Waals surface area contributed by atoms with E-state index in [1.807, 2.05) is 6.92 Å². The van der Waals surface area contributed by atoms with E-state index in [1.54, 1.807) is 0 Å². The predicted molar refractivity (Wildman–Crippen MR) is 120 cm³/mol. The normalized spacial score (nSPS) is 16.9.